The normalized spacial score (nSPS) is 19.7. The number of esters is 1. The Hall–Kier alpha value is -2.33. The molecule has 0 aromatic heterocycles. The third-order valence-electron chi connectivity index (χ3n) is 4.67. The highest BCUT2D eigenvalue weighted by molar-refractivity contribution is 7.89. The molecule has 3 rings (SSSR count). The number of carbonyl (C=O) groups excluding carboxylic acids is 2. The molecule has 2 aromatic carbocycles. The molecule has 1 aliphatic heterocycles. The number of ketones is 1. The summed E-state index contributed by atoms with van der Waals surface area (Å²) >= 11 is 6.12. The zero-order valence-electron chi connectivity index (χ0n) is 16.9. The highest BCUT2D eigenvalue weighted by Crippen LogP contribution is 2.28. The van der Waals surface area contributed by atoms with Crippen LogP contribution in [-0.4, -0.2) is 56.4 Å². The van der Waals surface area contributed by atoms with E-state index in [2.05, 4.69) is 0 Å². The Bertz CT molecular complexity index is 1080. The quantitative estimate of drug-likeness (QED) is 0.476. The number of halogens is 2. The number of morpholine rings is 1. The van der Waals surface area contributed by atoms with Crippen LogP contribution in [0.15, 0.2) is 47.4 Å². The van der Waals surface area contributed by atoms with Gasteiger partial charge in [-0.1, -0.05) is 11.6 Å². The molecular formula is C21H21ClFNO6S. The second-order valence-corrected chi connectivity index (χ2v) is 9.54. The molecule has 1 fully saturated rings. The number of ether oxygens (including phenoxy) is 2. The SMILES string of the molecule is CC1CN(S(=O)(=O)c2cc(C(=O)OCC(=O)c3ccc(F)cc3)ccc2Cl)CC(C)O1. The van der Waals surface area contributed by atoms with E-state index in [1.807, 2.05) is 0 Å². The molecule has 2 unspecified atom stereocenters. The number of benzene rings is 2. The van der Waals surface area contributed by atoms with Gasteiger partial charge in [-0.3, -0.25) is 4.79 Å². The fourth-order valence-electron chi connectivity index (χ4n) is 3.23. The summed E-state index contributed by atoms with van der Waals surface area (Å²) in [6, 6.07) is 8.55. The van der Waals surface area contributed by atoms with Crippen LogP contribution in [0.1, 0.15) is 34.6 Å². The first kappa shape index (κ1) is 23.3. The zero-order chi connectivity index (χ0) is 22.8. The number of nitrogens with zero attached hydrogens (tertiary/aromatic N) is 1. The second kappa shape index (κ2) is 9.44. The molecule has 1 saturated heterocycles. The van der Waals surface area contributed by atoms with Crippen molar-refractivity contribution in [2.24, 2.45) is 0 Å². The number of hydrogen-bond acceptors (Lipinski definition) is 6. The average molecular weight is 470 g/mol. The van der Waals surface area contributed by atoms with Gasteiger partial charge < -0.3 is 9.47 Å². The molecule has 2 aromatic rings. The van der Waals surface area contributed by atoms with Crippen LogP contribution >= 0.6 is 11.6 Å². The van der Waals surface area contributed by atoms with Crippen LogP contribution in [0.25, 0.3) is 0 Å². The van der Waals surface area contributed by atoms with Gasteiger partial charge in [-0.15, -0.1) is 0 Å². The largest absolute Gasteiger partial charge is 0.454 e. The van der Waals surface area contributed by atoms with Crippen LogP contribution in [0.3, 0.4) is 0 Å². The third-order valence-corrected chi connectivity index (χ3v) is 6.98. The number of rotatable bonds is 6. The Labute approximate surface area is 184 Å². The first-order valence-corrected chi connectivity index (χ1v) is 11.3. The predicted molar refractivity (Wildman–Crippen MR) is 111 cm³/mol. The van der Waals surface area contributed by atoms with Crippen molar-refractivity contribution in [3.8, 4) is 0 Å². The summed E-state index contributed by atoms with van der Waals surface area (Å²) in [5.41, 5.74) is 0.119. The lowest BCUT2D eigenvalue weighted by molar-refractivity contribution is -0.0440. The molecule has 166 valence electrons. The molecule has 1 aliphatic rings. The summed E-state index contributed by atoms with van der Waals surface area (Å²) in [5.74, 6) is -1.90. The maximum absolute atomic E-state index is 13.1. The van der Waals surface area contributed by atoms with Gasteiger partial charge in [-0.05, 0) is 56.3 Å². The van der Waals surface area contributed by atoms with Gasteiger partial charge in [0.1, 0.15) is 10.7 Å². The van der Waals surface area contributed by atoms with Gasteiger partial charge in [0, 0.05) is 18.7 Å². The van der Waals surface area contributed by atoms with Crippen molar-refractivity contribution in [3.05, 3.63) is 64.4 Å². The monoisotopic (exact) mass is 469 g/mol. The van der Waals surface area contributed by atoms with Crippen molar-refractivity contribution in [3.63, 3.8) is 0 Å². The molecular weight excluding hydrogens is 449 g/mol. The van der Waals surface area contributed by atoms with Crippen LogP contribution in [0, 0.1) is 5.82 Å². The van der Waals surface area contributed by atoms with Crippen LogP contribution in [0.4, 0.5) is 4.39 Å². The lowest BCUT2D eigenvalue weighted by Crippen LogP contribution is -2.48. The molecule has 0 saturated carbocycles. The molecule has 1 heterocycles. The van der Waals surface area contributed by atoms with Gasteiger partial charge in [0.05, 0.1) is 22.8 Å². The molecule has 0 N–H and O–H groups in total. The first-order valence-electron chi connectivity index (χ1n) is 9.49. The molecule has 0 radical (unpaired) electrons. The van der Waals surface area contributed by atoms with Crippen LogP contribution in [-0.2, 0) is 19.5 Å². The molecule has 10 heteroatoms. The van der Waals surface area contributed by atoms with Crippen molar-refractivity contribution in [2.75, 3.05) is 19.7 Å². The molecule has 31 heavy (non-hydrogen) atoms. The van der Waals surface area contributed by atoms with E-state index in [0.717, 1.165) is 18.2 Å². The molecule has 7 nitrogen and oxygen atoms in total. The number of Topliss-reactive ketones (excluding diaryl/α,β-unsaturated/α-hetero) is 1. The van der Waals surface area contributed by atoms with Gasteiger partial charge in [-0.25, -0.2) is 17.6 Å². The van der Waals surface area contributed by atoms with E-state index in [4.69, 9.17) is 21.1 Å². The highest BCUT2D eigenvalue weighted by atomic mass is 35.5. The Kier molecular flexibility index (Phi) is 7.10. The molecule has 0 amide bonds. The maximum Gasteiger partial charge on any atom is 0.338 e. The van der Waals surface area contributed by atoms with Crippen LogP contribution in [0.2, 0.25) is 5.02 Å². The summed E-state index contributed by atoms with van der Waals surface area (Å²) in [4.78, 5) is 24.3. The van der Waals surface area contributed by atoms with Gasteiger partial charge in [-0.2, -0.15) is 4.31 Å². The van der Waals surface area contributed by atoms with E-state index in [9.17, 15) is 22.4 Å². The summed E-state index contributed by atoms with van der Waals surface area (Å²) in [6.07, 6.45) is -0.578. The zero-order valence-corrected chi connectivity index (χ0v) is 18.5. The Morgan fingerprint density at radius 2 is 1.68 bits per heavy atom. The Morgan fingerprint density at radius 3 is 2.29 bits per heavy atom. The summed E-state index contributed by atoms with van der Waals surface area (Å²) in [5, 5.41) is -0.0364. The second-order valence-electron chi connectivity index (χ2n) is 7.23. The number of hydrogen-bond donors (Lipinski definition) is 0. The van der Waals surface area contributed by atoms with Crippen molar-refractivity contribution in [1.29, 1.82) is 0 Å². The summed E-state index contributed by atoms with van der Waals surface area (Å²) < 4.78 is 51.0. The highest BCUT2D eigenvalue weighted by Gasteiger charge is 2.34. The predicted octanol–water partition coefficient (Wildman–Crippen LogP) is 3.32. The lowest BCUT2D eigenvalue weighted by Gasteiger charge is -2.34. The fourth-order valence-corrected chi connectivity index (χ4v) is 5.32. The lowest BCUT2D eigenvalue weighted by atomic mass is 10.1. The van der Waals surface area contributed by atoms with Gasteiger partial charge >= 0.3 is 5.97 Å². The molecule has 2 atom stereocenters. The van der Waals surface area contributed by atoms with E-state index in [-0.39, 0.29) is 46.3 Å². The van der Waals surface area contributed by atoms with Gasteiger partial charge in [0.2, 0.25) is 10.0 Å². The standard InChI is InChI=1S/C21H21ClFNO6S/c1-13-10-24(11-14(2)30-13)31(27,28)20-9-16(5-8-18(20)22)21(26)29-12-19(25)15-3-6-17(23)7-4-15/h3-9,13-14H,10-12H2,1-2H3. The molecule has 0 spiro atoms. The van der Waals surface area contributed by atoms with Gasteiger partial charge in [0.25, 0.3) is 0 Å². The number of sulfonamides is 1. The Morgan fingerprint density at radius 1 is 1.10 bits per heavy atom. The van der Waals surface area contributed by atoms with Crippen molar-refractivity contribution in [1.82, 2.24) is 4.31 Å². The Balaban J connectivity index is 1.76. The van der Waals surface area contributed by atoms with Crippen molar-refractivity contribution < 1.29 is 31.9 Å². The summed E-state index contributed by atoms with van der Waals surface area (Å²) in [7, 11) is -3.98. The van der Waals surface area contributed by atoms with Crippen LogP contribution in [0.5, 0.6) is 0 Å². The maximum atomic E-state index is 13.1. The van der Waals surface area contributed by atoms with E-state index in [0.29, 0.717) is 0 Å². The molecule has 0 aliphatic carbocycles. The minimum atomic E-state index is -3.98. The average Bonchev–Trinajstić information content (AvgIpc) is 2.71. The van der Waals surface area contributed by atoms with E-state index >= 15 is 0 Å². The minimum absolute atomic E-state index is 0.0364. The van der Waals surface area contributed by atoms with E-state index in [1.54, 1.807) is 13.8 Å². The van der Waals surface area contributed by atoms with Crippen LogP contribution < -0.4 is 0 Å². The minimum Gasteiger partial charge on any atom is -0.454 e. The van der Waals surface area contributed by atoms with E-state index in [1.165, 1.54) is 28.6 Å². The van der Waals surface area contributed by atoms with Crippen molar-refractivity contribution >= 4 is 33.4 Å². The smallest absolute Gasteiger partial charge is 0.338 e. The first-order chi connectivity index (χ1) is 14.6. The van der Waals surface area contributed by atoms with E-state index < -0.39 is 34.2 Å². The topological polar surface area (TPSA) is 90.0 Å². The number of carbonyl (C=O) groups is 2. The van der Waals surface area contributed by atoms with Crippen molar-refractivity contribution in [2.45, 2.75) is 31.0 Å². The third kappa shape index (κ3) is 5.48. The fraction of sp³-hybridized carbons (Fsp3) is 0.333. The summed E-state index contributed by atoms with van der Waals surface area (Å²) in [6.45, 7) is 3.28. The molecule has 0 bridgehead atoms. The van der Waals surface area contributed by atoms with Gasteiger partial charge in [0.15, 0.2) is 12.4 Å².